The van der Waals surface area contributed by atoms with E-state index in [1.165, 1.54) is 38.1 Å². The molecule has 2 saturated heterocycles. The number of hydrogen-bond acceptors (Lipinski definition) is 3. The maximum absolute atomic E-state index is 12.7. The van der Waals surface area contributed by atoms with E-state index in [0.29, 0.717) is 18.4 Å². The van der Waals surface area contributed by atoms with Crippen LogP contribution in [0, 0.1) is 5.41 Å². The molecule has 1 amide bonds. The monoisotopic (exact) mass is 312 g/mol. The molecule has 0 N–H and O–H groups in total. The highest BCUT2D eigenvalue weighted by Crippen LogP contribution is 2.24. The maximum atomic E-state index is 12.7. The molecule has 0 aromatic carbocycles. The first-order valence-corrected chi connectivity index (χ1v) is 9.71. The summed E-state index contributed by atoms with van der Waals surface area (Å²) in [6.07, 6.45) is 5.86. The molecule has 2 aliphatic heterocycles. The number of piperidine rings is 1. The second-order valence-electron chi connectivity index (χ2n) is 7.77. The summed E-state index contributed by atoms with van der Waals surface area (Å²) >= 11 is 2.03. The summed E-state index contributed by atoms with van der Waals surface area (Å²) in [5.74, 6) is 2.69. The first-order valence-electron chi connectivity index (χ1n) is 8.55. The van der Waals surface area contributed by atoms with E-state index < -0.39 is 0 Å². The van der Waals surface area contributed by atoms with Gasteiger partial charge >= 0.3 is 0 Å². The van der Waals surface area contributed by atoms with Crippen LogP contribution in [0.15, 0.2) is 0 Å². The Morgan fingerprint density at radius 1 is 1.10 bits per heavy atom. The number of likely N-dealkylation sites (tertiary alicyclic amines) is 1. The zero-order valence-electron chi connectivity index (χ0n) is 14.1. The summed E-state index contributed by atoms with van der Waals surface area (Å²) in [5.41, 5.74) is 0.0895. The number of amides is 1. The normalized spacial score (nSPS) is 25.7. The van der Waals surface area contributed by atoms with E-state index in [4.69, 9.17) is 0 Å². The van der Waals surface area contributed by atoms with Gasteiger partial charge in [-0.05, 0) is 43.5 Å². The van der Waals surface area contributed by atoms with Crippen LogP contribution in [0.2, 0.25) is 0 Å². The molecule has 1 unspecified atom stereocenters. The SMILES string of the molecule is CC(C)(C)CC(=O)N1CCCSCC1CN1CCCCC1. The molecule has 0 spiro atoms. The van der Waals surface area contributed by atoms with Gasteiger partial charge in [0.2, 0.25) is 5.91 Å². The Labute approximate surface area is 134 Å². The summed E-state index contributed by atoms with van der Waals surface area (Å²) < 4.78 is 0. The summed E-state index contributed by atoms with van der Waals surface area (Å²) in [5, 5.41) is 0. The van der Waals surface area contributed by atoms with Gasteiger partial charge in [0.05, 0.1) is 6.04 Å². The molecule has 0 saturated carbocycles. The highest BCUT2D eigenvalue weighted by atomic mass is 32.2. The van der Waals surface area contributed by atoms with Gasteiger partial charge < -0.3 is 9.80 Å². The molecular weight excluding hydrogens is 280 g/mol. The van der Waals surface area contributed by atoms with Crippen LogP contribution >= 0.6 is 11.8 Å². The van der Waals surface area contributed by atoms with Crippen LogP contribution in [0.3, 0.4) is 0 Å². The molecule has 2 rings (SSSR count). The molecule has 0 aliphatic carbocycles. The Bertz CT molecular complexity index is 334. The van der Waals surface area contributed by atoms with Crippen LogP contribution in [0.25, 0.3) is 0 Å². The van der Waals surface area contributed by atoms with Crippen LogP contribution in [0.1, 0.15) is 52.9 Å². The minimum Gasteiger partial charge on any atom is -0.338 e. The lowest BCUT2D eigenvalue weighted by Crippen LogP contribution is -2.49. The van der Waals surface area contributed by atoms with Gasteiger partial charge in [-0.2, -0.15) is 11.8 Å². The van der Waals surface area contributed by atoms with Crippen molar-refractivity contribution in [3.63, 3.8) is 0 Å². The molecule has 4 heteroatoms. The molecule has 2 heterocycles. The average Bonchev–Trinajstić information content (AvgIpc) is 2.63. The Morgan fingerprint density at radius 3 is 2.48 bits per heavy atom. The van der Waals surface area contributed by atoms with Crippen LogP contribution in [0.4, 0.5) is 0 Å². The molecular formula is C17H32N2OS. The van der Waals surface area contributed by atoms with Gasteiger partial charge in [-0.1, -0.05) is 27.2 Å². The molecule has 0 aromatic rings. The standard InChI is InChI=1S/C17H32N2OS/c1-17(2,3)12-16(20)19-10-7-11-21-14-15(19)13-18-8-5-4-6-9-18/h15H,4-14H2,1-3H3. The maximum Gasteiger partial charge on any atom is 0.223 e. The van der Waals surface area contributed by atoms with Crippen molar-refractivity contribution in [2.75, 3.05) is 37.7 Å². The molecule has 0 radical (unpaired) electrons. The Kier molecular flexibility index (Phi) is 6.42. The first kappa shape index (κ1) is 17.1. The summed E-state index contributed by atoms with van der Waals surface area (Å²) in [4.78, 5) is 17.5. The molecule has 0 bridgehead atoms. The smallest absolute Gasteiger partial charge is 0.223 e. The summed E-state index contributed by atoms with van der Waals surface area (Å²) in [6, 6.07) is 0.422. The molecule has 122 valence electrons. The molecule has 0 aromatic heterocycles. The zero-order chi connectivity index (χ0) is 15.3. The predicted octanol–water partition coefficient (Wildman–Crippen LogP) is 3.24. The summed E-state index contributed by atoms with van der Waals surface area (Å²) in [7, 11) is 0. The lowest BCUT2D eigenvalue weighted by Gasteiger charge is -2.36. The van der Waals surface area contributed by atoms with Crippen LogP contribution in [0.5, 0.6) is 0 Å². The number of carbonyl (C=O) groups is 1. The lowest BCUT2D eigenvalue weighted by atomic mass is 9.91. The highest BCUT2D eigenvalue weighted by Gasteiger charge is 2.29. The first-order chi connectivity index (χ1) is 9.96. The van der Waals surface area contributed by atoms with Crippen molar-refractivity contribution in [1.29, 1.82) is 0 Å². The Balaban J connectivity index is 1.97. The minimum atomic E-state index is 0.0895. The number of thioether (sulfide) groups is 1. The third-order valence-corrected chi connectivity index (χ3v) is 5.56. The summed E-state index contributed by atoms with van der Waals surface area (Å²) in [6.45, 7) is 11.0. The third-order valence-electron chi connectivity index (χ3n) is 4.36. The van der Waals surface area contributed by atoms with Gasteiger partial charge in [0.1, 0.15) is 0 Å². The molecule has 2 fully saturated rings. The number of nitrogens with zero attached hydrogens (tertiary/aromatic N) is 2. The van der Waals surface area contributed by atoms with Crippen molar-refractivity contribution in [3.05, 3.63) is 0 Å². The van der Waals surface area contributed by atoms with Crippen LogP contribution in [-0.4, -0.2) is 59.4 Å². The van der Waals surface area contributed by atoms with E-state index in [1.54, 1.807) is 0 Å². The van der Waals surface area contributed by atoms with Crippen molar-refractivity contribution in [2.24, 2.45) is 5.41 Å². The fraction of sp³-hybridized carbons (Fsp3) is 0.941. The van der Waals surface area contributed by atoms with Crippen molar-refractivity contribution in [2.45, 2.75) is 58.9 Å². The topological polar surface area (TPSA) is 23.6 Å². The largest absolute Gasteiger partial charge is 0.338 e. The van der Waals surface area contributed by atoms with E-state index in [-0.39, 0.29) is 5.41 Å². The number of carbonyl (C=O) groups excluding carboxylic acids is 1. The molecule has 3 nitrogen and oxygen atoms in total. The molecule has 1 atom stereocenters. The fourth-order valence-electron chi connectivity index (χ4n) is 3.30. The van der Waals surface area contributed by atoms with Crippen molar-refractivity contribution >= 4 is 17.7 Å². The average molecular weight is 313 g/mol. The highest BCUT2D eigenvalue weighted by molar-refractivity contribution is 7.99. The van der Waals surface area contributed by atoms with E-state index >= 15 is 0 Å². The minimum absolute atomic E-state index is 0.0895. The van der Waals surface area contributed by atoms with E-state index in [9.17, 15) is 4.79 Å². The Hall–Kier alpha value is -0.220. The predicted molar refractivity (Wildman–Crippen MR) is 91.8 cm³/mol. The van der Waals surface area contributed by atoms with E-state index in [1.807, 2.05) is 11.8 Å². The fourth-order valence-corrected chi connectivity index (χ4v) is 4.36. The molecule has 21 heavy (non-hydrogen) atoms. The zero-order valence-corrected chi connectivity index (χ0v) is 14.9. The van der Waals surface area contributed by atoms with Gasteiger partial charge in [0.25, 0.3) is 0 Å². The van der Waals surface area contributed by atoms with Crippen molar-refractivity contribution in [3.8, 4) is 0 Å². The van der Waals surface area contributed by atoms with Crippen molar-refractivity contribution in [1.82, 2.24) is 9.80 Å². The van der Waals surface area contributed by atoms with Crippen molar-refractivity contribution < 1.29 is 4.79 Å². The lowest BCUT2D eigenvalue weighted by molar-refractivity contribution is -0.135. The number of hydrogen-bond donors (Lipinski definition) is 0. The third kappa shape index (κ3) is 5.82. The second-order valence-corrected chi connectivity index (χ2v) is 8.92. The van der Waals surface area contributed by atoms with Gasteiger partial charge in [-0.15, -0.1) is 0 Å². The second kappa shape index (κ2) is 7.87. The van der Waals surface area contributed by atoms with Gasteiger partial charge in [-0.25, -0.2) is 0 Å². The van der Waals surface area contributed by atoms with Gasteiger partial charge in [0, 0.05) is 25.3 Å². The van der Waals surface area contributed by atoms with Crippen LogP contribution < -0.4 is 0 Å². The molecule has 2 aliphatic rings. The van der Waals surface area contributed by atoms with Gasteiger partial charge in [0.15, 0.2) is 0 Å². The quantitative estimate of drug-likeness (QED) is 0.799. The van der Waals surface area contributed by atoms with E-state index in [0.717, 1.165) is 25.3 Å². The van der Waals surface area contributed by atoms with Gasteiger partial charge in [-0.3, -0.25) is 4.79 Å². The Morgan fingerprint density at radius 2 is 1.81 bits per heavy atom. The van der Waals surface area contributed by atoms with E-state index in [2.05, 4.69) is 30.6 Å². The number of rotatable bonds is 3. The van der Waals surface area contributed by atoms with Crippen LogP contribution in [-0.2, 0) is 4.79 Å².